The summed E-state index contributed by atoms with van der Waals surface area (Å²) in [6, 6.07) is 12.7. The first kappa shape index (κ1) is 21.1. The number of hydrogen-bond acceptors (Lipinski definition) is 5. The van der Waals surface area contributed by atoms with Gasteiger partial charge in [0.25, 0.3) is 11.6 Å². The maximum absolute atomic E-state index is 12.3. The lowest BCUT2D eigenvalue weighted by Crippen LogP contribution is -2.30. The van der Waals surface area contributed by atoms with Crippen LogP contribution in [0.5, 0.6) is 0 Å². The third-order valence-electron chi connectivity index (χ3n) is 3.59. The minimum atomic E-state index is -0.948. The highest BCUT2D eigenvalue weighted by molar-refractivity contribution is 5.94. The molecular weight excluding hydrogens is 360 g/mol. The number of nitrogens with zero attached hydrogens (tertiary/aromatic N) is 1. The monoisotopic (exact) mass is 378 g/mol. The first-order valence-corrected chi connectivity index (χ1v) is 7.40. The summed E-state index contributed by atoms with van der Waals surface area (Å²) in [7, 11) is 1.37. The summed E-state index contributed by atoms with van der Waals surface area (Å²) in [6.45, 7) is 0.256. The van der Waals surface area contributed by atoms with Gasteiger partial charge in [0.1, 0.15) is 5.84 Å². The van der Waals surface area contributed by atoms with Crippen molar-refractivity contribution in [3.8, 4) is 0 Å². The van der Waals surface area contributed by atoms with Gasteiger partial charge in [-0.15, -0.1) is 12.4 Å². The number of methoxy groups -OCH3 is 1. The molecule has 0 aliphatic heterocycles. The molecule has 0 saturated carbocycles. The SMILES string of the molecule is CO[C@H](C(=O)NCc1ccc(C(=N)N)cc1)c1cccc([N+](=O)[O-])c1.Cl. The molecule has 26 heavy (non-hydrogen) atoms. The topological polar surface area (TPSA) is 131 Å². The molecule has 4 N–H and O–H groups in total. The number of halogens is 1. The van der Waals surface area contributed by atoms with Crippen molar-refractivity contribution in [1.29, 1.82) is 5.41 Å². The molecule has 2 aromatic rings. The molecule has 8 nitrogen and oxygen atoms in total. The molecule has 2 aromatic carbocycles. The quantitative estimate of drug-likeness (QED) is 0.294. The lowest BCUT2D eigenvalue weighted by Gasteiger charge is -2.15. The zero-order chi connectivity index (χ0) is 18.4. The van der Waals surface area contributed by atoms with E-state index >= 15 is 0 Å². The van der Waals surface area contributed by atoms with Gasteiger partial charge in [-0.05, 0) is 11.1 Å². The van der Waals surface area contributed by atoms with Crippen molar-refractivity contribution >= 4 is 29.8 Å². The molecule has 0 aromatic heterocycles. The van der Waals surface area contributed by atoms with Crippen LogP contribution in [0.15, 0.2) is 48.5 Å². The van der Waals surface area contributed by atoms with Crippen LogP contribution in [0.25, 0.3) is 0 Å². The standard InChI is InChI=1S/C17H18N4O4.ClH/c1-25-15(13-3-2-4-14(9-13)21(23)24)17(22)20-10-11-5-7-12(8-6-11)16(18)19;/h2-9,15H,10H2,1H3,(H3,18,19)(H,20,22);1H/t15-;/m0./s1. The smallest absolute Gasteiger partial charge is 0.269 e. The lowest BCUT2D eigenvalue weighted by atomic mass is 10.1. The minimum Gasteiger partial charge on any atom is -0.384 e. The number of nitrogen functional groups attached to an aromatic ring is 1. The van der Waals surface area contributed by atoms with Gasteiger partial charge in [0.15, 0.2) is 6.10 Å². The maximum Gasteiger partial charge on any atom is 0.269 e. The summed E-state index contributed by atoms with van der Waals surface area (Å²) in [4.78, 5) is 22.7. The number of carbonyl (C=O) groups excluding carboxylic acids is 1. The third-order valence-corrected chi connectivity index (χ3v) is 3.59. The Labute approximate surface area is 156 Å². The molecule has 0 spiro atoms. The largest absolute Gasteiger partial charge is 0.384 e. The second-order valence-corrected chi connectivity index (χ2v) is 5.30. The number of amides is 1. The number of carbonyl (C=O) groups is 1. The number of nitro groups is 1. The summed E-state index contributed by atoms with van der Waals surface area (Å²) in [6.07, 6.45) is -0.948. The molecule has 0 unspecified atom stereocenters. The lowest BCUT2D eigenvalue weighted by molar-refractivity contribution is -0.385. The number of amidine groups is 1. The summed E-state index contributed by atoms with van der Waals surface area (Å²) < 4.78 is 5.19. The average molecular weight is 379 g/mol. The number of rotatable bonds is 7. The van der Waals surface area contributed by atoms with E-state index in [2.05, 4.69) is 5.32 Å². The number of nitrogens with one attached hydrogen (secondary N) is 2. The van der Waals surface area contributed by atoms with E-state index < -0.39 is 16.9 Å². The number of non-ortho nitro benzene ring substituents is 1. The second-order valence-electron chi connectivity index (χ2n) is 5.30. The van der Waals surface area contributed by atoms with Crippen molar-refractivity contribution in [3.05, 3.63) is 75.3 Å². The molecule has 0 aliphatic rings. The van der Waals surface area contributed by atoms with Crippen LogP contribution in [0.2, 0.25) is 0 Å². The van der Waals surface area contributed by atoms with Crippen LogP contribution < -0.4 is 11.1 Å². The maximum atomic E-state index is 12.3. The molecule has 1 atom stereocenters. The number of nitrogens with two attached hydrogens (primary N) is 1. The van der Waals surface area contributed by atoms with Crippen LogP contribution in [-0.2, 0) is 16.1 Å². The van der Waals surface area contributed by atoms with Gasteiger partial charge in [0, 0.05) is 31.4 Å². The Morgan fingerprint density at radius 2 is 1.96 bits per heavy atom. The van der Waals surface area contributed by atoms with Crippen molar-refractivity contribution in [2.45, 2.75) is 12.6 Å². The number of benzene rings is 2. The highest BCUT2D eigenvalue weighted by Crippen LogP contribution is 2.22. The van der Waals surface area contributed by atoms with Crippen LogP contribution in [0.1, 0.15) is 22.8 Å². The third kappa shape index (κ3) is 5.27. The molecule has 9 heteroatoms. The Kier molecular flexibility index (Phi) is 7.70. The van der Waals surface area contributed by atoms with E-state index in [0.717, 1.165) is 5.56 Å². The molecule has 0 radical (unpaired) electrons. The molecule has 0 aliphatic carbocycles. The molecule has 0 bridgehead atoms. The highest BCUT2D eigenvalue weighted by atomic mass is 35.5. The van der Waals surface area contributed by atoms with Crippen LogP contribution in [0.4, 0.5) is 5.69 Å². The molecule has 1 amide bonds. The number of hydrogen-bond donors (Lipinski definition) is 3. The predicted molar refractivity (Wildman–Crippen MR) is 99.4 cm³/mol. The fourth-order valence-corrected chi connectivity index (χ4v) is 2.28. The van der Waals surface area contributed by atoms with Crippen LogP contribution in [0, 0.1) is 15.5 Å². The van der Waals surface area contributed by atoms with Gasteiger partial charge in [0.2, 0.25) is 0 Å². The van der Waals surface area contributed by atoms with Gasteiger partial charge < -0.3 is 15.8 Å². The van der Waals surface area contributed by atoms with Crippen LogP contribution in [0.3, 0.4) is 0 Å². The molecule has 0 heterocycles. The zero-order valence-corrected chi connectivity index (χ0v) is 14.8. The van der Waals surface area contributed by atoms with Crippen molar-refractivity contribution in [1.82, 2.24) is 5.32 Å². The normalized spacial score (nSPS) is 11.1. The van der Waals surface area contributed by atoms with E-state index in [0.29, 0.717) is 11.1 Å². The number of ether oxygens (including phenoxy) is 1. The summed E-state index contributed by atoms with van der Waals surface area (Å²) in [5, 5.41) is 20.9. The summed E-state index contributed by atoms with van der Waals surface area (Å²) >= 11 is 0. The van der Waals surface area contributed by atoms with Crippen molar-refractivity contribution in [2.75, 3.05) is 7.11 Å². The first-order valence-electron chi connectivity index (χ1n) is 7.40. The van der Waals surface area contributed by atoms with Gasteiger partial charge in [-0.25, -0.2) is 0 Å². The molecule has 0 saturated heterocycles. The Balaban J connectivity index is 0.00000338. The Hall–Kier alpha value is -2.97. The van der Waals surface area contributed by atoms with E-state index in [1.54, 1.807) is 30.3 Å². The summed E-state index contributed by atoms with van der Waals surface area (Å²) in [5.41, 5.74) is 7.11. The van der Waals surface area contributed by atoms with Gasteiger partial charge >= 0.3 is 0 Å². The van der Waals surface area contributed by atoms with Gasteiger partial charge in [-0.1, -0.05) is 36.4 Å². The van der Waals surface area contributed by atoms with E-state index in [4.69, 9.17) is 15.9 Å². The Morgan fingerprint density at radius 3 is 2.50 bits per heavy atom. The van der Waals surface area contributed by atoms with Gasteiger partial charge in [-0.3, -0.25) is 20.3 Å². The average Bonchev–Trinajstić information content (AvgIpc) is 2.61. The van der Waals surface area contributed by atoms with E-state index in [-0.39, 0.29) is 30.5 Å². The van der Waals surface area contributed by atoms with Crippen molar-refractivity contribution in [2.24, 2.45) is 5.73 Å². The number of nitro benzene ring substituents is 1. The minimum absolute atomic E-state index is 0. The Bertz CT molecular complexity index is 796. The summed E-state index contributed by atoms with van der Waals surface area (Å²) in [5.74, 6) is -0.431. The van der Waals surface area contributed by atoms with E-state index in [1.807, 2.05) is 0 Å². The predicted octanol–water partition coefficient (Wildman–Crippen LogP) is 2.30. The van der Waals surface area contributed by atoms with Crippen molar-refractivity contribution < 1.29 is 14.5 Å². The fraction of sp³-hybridized carbons (Fsp3) is 0.176. The van der Waals surface area contributed by atoms with Gasteiger partial charge in [0.05, 0.1) is 4.92 Å². The molecule has 0 fully saturated rings. The molecule has 138 valence electrons. The van der Waals surface area contributed by atoms with Crippen LogP contribution in [-0.4, -0.2) is 23.8 Å². The molecule has 2 rings (SSSR count). The Morgan fingerprint density at radius 1 is 1.31 bits per heavy atom. The van der Waals surface area contributed by atoms with Gasteiger partial charge in [-0.2, -0.15) is 0 Å². The second kappa shape index (κ2) is 9.50. The van der Waals surface area contributed by atoms with Crippen molar-refractivity contribution in [3.63, 3.8) is 0 Å². The van der Waals surface area contributed by atoms with E-state index in [9.17, 15) is 14.9 Å². The van der Waals surface area contributed by atoms with Crippen LogP contribution >= 0.6 is 12.4 Å². The molecular formula is C17H19ClN4O4. The highest BCUT2D eigenvalue weighted by Gasteiger charge is 2.21. The first-order chi connectivity index (χ1) is 11.9. The fourth-order valence-electron chi connectivity index (χ4n) is 2.28. The van der Waals surface area contributed by atoms with E-state index in [1.165, 1.54) is 25.3 Å². The zero-order valence-electron chi connectivity index (χ0n) is 14.0.